The standard InChI is InChI=1S/C13H25N3O2/c1-6-16-11(4)12(10(3)15-16)9(2)14-13(5,7-17)8-18/h9,14,17-18H,6-8H2,1-5H3. The van der Waals surface area contributed by atoms with E-state index in [1.165, 1.54) is 0 Å². The van der Waals surface area contributed by atoms with E-state index in [-0.39, 0.29) is 19.3 Å². The van der Waals surface area contributed by atoms with E-state index in [1.807, 2.05) is 25.5 Å². The number of hydrogen-bond acceptors (Lipinski definition) is 4. The molecule has 0 saturated carbocycles. The molecule has 18 heavy (non-hydrogen) atoms. The van der Waals surface area contributed by atoms with Crippen LogP contribution >= 0.6 is 0 Å². The molecule has 3 N–H and O–H groups in total. The lowest BCUT2D eigenvalue weighted by molar-refractivity contribution is 0.0956. The number of rotatable bonds is 6. The quantitative estimate of drug-likeness (QED) is 0.707. The van der Waals surface area contributed by atoms with Crippen LogP contribution in [0.15, 0.2) is 0 Å². The van der Waals surface area contributed by atoms with Gasteiger partial charge in [-0.3, -0.25) is 4.68 Å². The Kier molecular flexibility index (Phi) is 4.90. The third-order valence-electron chi connectivity index (χ3n) is 3.43. The Labute approximate surface area is 109 Å². The maximum Gasteiger partial charge on any atom is 0.0644 e. The van der Waals surface area contributed by atoms with Crippen molar-refractivity contribution >= 4 is 0 Å². The second kappa shape index (κ2) is 5.82. The molecule has 0 aliphatic carbocycles. The second-order valence-electron chi connectivity index (χ2n) is 5.14. The molecule has 0 aromatic carbocycles. The summed E-state index contributed by atoms with van der Waals surface area (Å²) in [6.07, 6.45) is 0. The third kappa shape index (κ3) is 2.91. The van der Waals surface area contributed by atoms with Crippen molar-refractivity contribution in [2.24, 2.45) is 0 Å². The van der Waals surface area contributed by atoms with Gasteiger partial charge >= 0.3 is 0 Å². The van der Waals surface area contributed by atoms with Crippen molar-refractivity contribution in [3.8, 4) is 0 Å². The minimum absolute atomic E-state index is 0.0367. The molecule has 0 aliphatic heterocycles. The fourth-order valence-electron chi connectivity index (χ4n) is 2.38. The molecule has 1 atom stereocenters. The zero-order valence-electron chi connectivity index (χ0n) is 12.0. The van der Waals surface area contributed by atoms with Gasteiger partial charge in [0.1, 0.15) is 0 Å². The van der Waals surface area contributed by atoms with Crippen LogP contribution in [0.5, 0.6) is 0 Å². The SMILES string of the molecule is CCn1nc(C)c(C(C)NC(C)(CO)CO)c1C. The van der Waals surface area contributed by atoms with Crippen molar-refractivity contribution < 1.29 is 10.2 Å². The van der Waals surface area contributed by atoms with E-state index < -0.39 is 5.54 Å². The van der Waals surface area contributed by atoms with Gasteiger partial charge in [-0.1, -0.05) is 0 Å². The molecule has 0 spiro atoms. The van der Waals surface area contributed by atoms with Crippen LogP contribution in [-0.2, 0) is 6.54 Å². The molecular formula is C13H25N3O2. The first-order valence-corrected chi connectivity index (χ1v) is 6.41. The minimum Gasteiger partial charge on any atom is -0.394 e. The Morgan fingerprint density at radius 2 is 1.89 bits per heavy atom. The van der Waals surface area contributed by atoms with Crippen LogP contribution < -0.4 is 5.32 Å². The molecule has 0 saturated heterocycles. The number of hydrogen-bond donors (Lipinski definition) is 3. The van der Waals surface area contributed by atoms with Gasteiger partial charge in [0.25, 0.3) is 0 Å². The normalized spacial score (nSPS) is 13.9. The summed E-state index contributed by atoms with van der Waals surface area (Å²) in [6, 6.07) is 0.0367. The lowest BCUT2D eigenvalue weighted by Crippen LogP contribution is -2.50. The van der Waals surface area contributed by atoms with E-state index in [0.717, 1.165) is 23.5 Å². The molecule has 1 rings (SSSR count). The van der Waals surface area contributed by atoms with E-state index in [2.05, 4.69) is 17.3 Å². The monoisotopic (exact) mass is 255 g/mol. The highest BCUT2D eigenvalue weighted by Gasteiger charge is 2.27. The van der Waals surface area contributed by atoms with E-state index in [0.29, 0.717) is 0 Å². The molecule has 0 fully saturated rings. The Balaban J connectivity index is 2.97. The van der Waals surface area contributed by atoms with Gasteiger partial charge in [0.05, 0.1) is 24.4 Å². The lowest BCUT2D eigenvalue weighted by Gasteiger charge is -2.30. The van der Waals surface area contributed by atoms with Gasteiger partial charge < -0.3 is 15.5 Å². The van der Waals surface area contributed by atoms with Gasteiger partial charge in [-0.25, -0.2) is 0 Å². The molecule has 0 radical (unpaired) electrons. The molecule has 0 aliphatic rings. The maximum atomic E-state index is 9.33. The predicted octanol–water partition coefficient (Wildman–Crippen LogP) is 0.914. The van der Waals surface area contributed by atoms with Crippen molar-refractivity contribution in [2.75, 3.05) is 13.2 Å². The van der Waals surface area contributed by atoms with E-state index >= 15 is 0 Å². The van der Waals surface area contributed by atoms with Crippen molar-refractivity contribution in [1.29, 1.82) is 0 Å². The number of nitrogens with one attached hydrogen (secondary N) is 1. The molecule has 1 aromatic heterocycles. The molecule has 104 valence electrons. The van der Waals surface area contributed by atoms with Gasteiger partial charge in [0.2, 0.25) is 0 Å². The summed E-state index contributed by atoms with van der Waals surface area (Å²) in [5.74, 6) is 0. The van der Waals surface area contributed by atoms with Crippen LogP contribution in [0.25, 0.3) is 0 Å². The zero-order chi connectivity index (χ0) is 13.9. The molecule has 1 unspecified atom stereocenters. The summed E-state index contributed by atoms with van der Waals surface area (Å²) < 4.78 is 1.97. The minimum atomic E-state index is -0.674. The van der Waals surface area contributed by atoms with Crippen LogP contribution in [-0.4, -0.2) is 38.7 Å². The summed E-state index contributed by atoms with van der Waals surface area (Å²) in [4.78, 5) is 0. The summed E-state index contributed by atoms with van der Waals surface area (Å²) in [5.41, 5.74) is 2.60. The summed E-state index contributed by atoms with van der Waals surface area (Å²) in [6.45, 7) is 10.6. The third-order valence-corrected chi connectivity index (χ3v) is 3.43. The number of aliphatic hydroxyl groups excluding tert-OH is 2. The Hall–Kier alpha value is -0.910. The number of aromatic nitrogens is 2. The van der Waals surface area contributed by atoms with E-state index in [9.17, 15) is 10.2 Å². The predicted molar refractivity (Wildman–Crippen MR) is 71.5 cm³/mol. The number of aliphatic hydroxyl groups is 2. The summed E-state index contributed by atoms with van der Waals surface area (Å²) in [5, 5.41) is 26.4. The average Bonchev–Trinajstić information content (AvgIpc) is 2.63. The Bertz CT molecular complexity index is 397. The molecule has 0 amide bonds. The fraction of sp³-hybridized carbons (Fsp3) is 0.769. The Morgan fingerprint density at radius 1 is 1.33 bits per heavy atom. The largest absolute Gasteiger partial charge is 0.394 e. The highest BCUT2D eigenvalue weighted by molar-refractivity contribution is 5.28. The van der Waals surface area contributed by atoms with Gasteiger partial charge in [-0.2, -0.15) is 5.10 Å². The molecule has 1 aromatic rings. The first kappa shape index (κ1) is 15.1. The van der Waals surface area contributed by atoms with E-state index in [4.69, 9.17) is 0 Å². The van der Waals surface area contributed by atoms with Crippen LogP contribution in [0.4, 0.5) is 0 Å². The second-order valence-corrected chi connectivity index (χ2v) is 5.14. The zero-order valence-corrected chi connectivity index (χ0v) is 12.0. The van der Waals surface area contributed by atoms with Crippen molar-refractivity contribution in [3.05, 3.63) is 17.0 Å². The van der Waals surface area contributed by atoms with E-state index in [1.54, 1.807) is 6.92 Å². The first-order chi connectivity index (χ1) is 8.38. The van der Waals surface area contributed by atoms with Gasteiger partial charge in [0, 0.05) is 23.8 Å². The molecule has 0 bridgehead atoms. The van der Waals surface area contributed by atoms with Crippen LogP contribution in [0.3, 0.4) is 0 Å². The number of aryl methyl sites for hydroxylation is 2. The molecule has 1 heterocycles. The highest BCUT2D eigenvalue weighted by atomic mass is 16.3. The van der Waals surface area contributed by atoms with Gasteiger partial charge in [-0.05, 0) is 34.6 Å². The topological polar surface area (TPSA) is 70.3 Å². The van der Waals surface area contributed by atoms with Gasteiger partial charge in [-0.15, -0.1) is 0 Å². The maximum absolute atomic E-state index is 9.33. The van der Waals surface area contributed by atoms with Crippen molar-refractivity contribution in [3.63, 3.8) is 0 Å². The van der Waals surface area contributed by atoms with Crippen LogP contribution in [0, 0.1) is 13.8 Å². The van der Waals surface area contributed by atoms with Crippen LogP contribution in [0.1, 0.15) is 43.8 Å². The summed E-state index contributed by atoms with van der Waals surface area (Å²) in [7, 11) is 0. The average molecular weight is 255 g/mol. The molecule has 5 heteroatoms. The highest BCUT2D eigenvalue weighted by Crippen LogP contribution is 2.23. The summed E-state index contributed by atoms with van der Waals surface area (Å²) >= 11 is 0. The smallest absolute Gasteiger partial charge is 0.0644 e. The first-order valence-electron chi connectivity index (χ1n) is 6.41. The number of nitrogens with zero attached hydrogens (tertiary/aromatic N) is 2. The molecule has 5 nitrogen and oxygen atoms in total. The lowest BCUT2D eigenvalue weighted by atomic mass is 9.99. The van der Waals surface area contributed by atoms with Crippen molar-refractivity contribution in [1.82, 2.24) is 15.1 Å². The van der Waals surface area contributed by atoms with Crippen molar-refractivity contribution in [2.45, 2.75) is 52.7 Å². The fourth-order valence-corrected chi connectivity index (χ4v) is 2.38. The van der Waals surface area contributed by atoms with Crippen LogP contribution in [0.2, 0.25) is 0 Å². The Morgan fingerprint density at radius 3 is 2.28 bits per heavy atom. The molecular weight excluding hydrogens is 230 g/mol. The van der Waals surface area contributed by atoms with Gasteiger partial charge in [0.15, 0.2) is 0 Å².